The van der Waals surface area contributed by atoms with Crippen LogP contribution >= 0.6 is 22.9 Å². The zero-order valence-corrected chi connectivity index (χ0v) is 8.44. The predicted molar refractivity (Wildman–Crippen MR) is 54.2 cm³/mol. The van der Waals surface area contributed by atoms with Crippen molar-refractivity contribution in [3.05, 3.63) is 34.4 Å². The van der Waals surface area contributed by atoms with Crippen LogP contribution in [0.15, 0.2) is 23.6 Å². The minimum absolute atomic E-state index is 0.0506. The van der Waals surface area contributed by atoms with Crippen molar-refractivity contribution in [2.24, 2.45) is 0 Å². The van der Waals surface area contributed by atoms with E-state index in [1.807, 2.05) is 0 Å². The Morgan fingerprint density at radius 1 is 1.43 bits per heavy atom. The maximum atomic E-state index is 12.7. The van der Waals surface area contributed by atoms with E-state index in [-0.39, 0.29) is 11.7 Å². The molecule has 1 aromatic heterocycles. The van der Waals surface area contributed by atoms with E-state index in [9.17, 15) is 4.39 Å². The van der Waals surface area contributed by atoms with Gasteiger partial charge in [-0.15, -0.1) is 11.3 Å². The molecule has 5 heteroatoms. The summed E-state index contributed by atoms with van der Waals surface area (Å²) in [7, 11) is 0. The molecule has 0 saturated carbocycles. The largest absolute Gasteiger partial charge is 0.493 e. The molecule has 1 heterocycles. The lowest BCUT2D eigenvalue weighted by molar-refractivity contribution is 0.458. The Bertz CT molecular complexity index is 472. The van der Waals surface area contributed by atoms with Crippen molar-refractivity contribution in [2.45, 2.75) is 0 Å². The molecule has 0 aliphatic carbocycles. The maximum Gasteiger partial charge on any atom is 0.222 e. The first kappa shape index (κ1) is 9.43. The zero-order chi connectivity index (χ0) is 10.1. The summed E-state index contributed by atoms with van der Waals surface area (Å²) in [6.07, 6.45) is 0. The summed E-state index contributed by atoms with van der Waals surface area (Å²) < 4.78 is 12.7. The SMILES string of the molecule is Oc1csc(-c2ccc(F)cc2Cl)n1. The molecule has 1 aromatic carbocycles. The fourth-order valence-corrected chi connectivity index (χ4v) is 2.09. The molecular formula is C9H5ClFNOS. The molecule has 0 radical (unpaired) electrons. The topological polar surface area (TPSA) is 33.1 Å². The summed E-state index contributed by atoms with van der Waals surface area (Å²) in [5.74, 6) is -0.440. The second-order valence-electron chi connectivity index (χ2n) is 2.64. The van der Waals surface area contributed by atoms with Crippen LogP contribution in [0.5, 0.6) is 5.88 Å². The molecule has 0 spiro atoms. The number of aromatic hydroxyl groups is 1. The van der Waals surface area contributed by atoms with Gasteiger partial charge in [0.1, 0.15) is 10.8 Å². The predicted octanol–water partition coefficient (Wildman–Crippen LogP) is 3.31. The molecule has 72 valence electrons. The summed E-state index contributed by atoms with van der Waals surface area (Å²) in [6, 6.07) is 4.06. The van der Waals surface area contributed by atoms with Gasteiger partial charge in [0, 0.05) is 5.56 Å². The van der Waals surface area contributed by atoms with Gasteiger partial charge in [-0.25, -0.2) is 9.37 Å². The summed E-state index contributed by atoms with van der Waals surface area (Å²) in [6.45, 7) is 0. The summed E-state index contributed by atoms with van der Waals surface area (Å²) >= 11 is 7.07. The van der Waals surface area contributed by atoms with Crippen molar-refractivity contribution in [3.63, 3.8) is 0 Å². The lowest BCUT2D eigenvalue weighted by Crippen LogP contribution is -1.80. The third kappa shape index (κ3) is 1.71. The molecule has 0 atom stereocenters. The third-order valence-corrected chi connectivity index (χ3v) is 2.83. The van der Waals surface area contributed by atoms with Crippen molar-refractivity contribution >= 4 is 22.9 Å². The van der Waals surface area contributed by atoms with Crippen molar-refractivity contribution < 1.29 is 9.50 Å². The van der Waals surface area contributed by atoms with Gasteiger partial charge < -0.3 is 5.11 Å². The van der Waals surface area contributed by atoms with E-state index in [0.717, 1.165) is 0 Å². The van der Waals surface area contributed by atoms with E-state index in [0.29, 0.717) is 15.6 Å². The molecule has 1 N–H and O–H groups in total. The minimum Gasteiger partial charge on any atom is -0.493 e. The molecule has 0 aliphatic heterocycles. The fourth-order valence-electron chi connectivity index (χ4n) is 1.05. The monoisotopic (exact) mass is 229 g/mol. The first-order chi connectivity index (χ1) is 6.66. The average molecular weight is 230 g/mol. The number of nitrogens with zero attached hydrogens (tertiary/aromatic N) is 1. The Morgan fingerprint density at radius 2 is 2.21 bits per heavy atom. The Balaban J connectivity index is 2.52. The van der Waals surface area contributed by atoms with E-state index in [1.54, 1.807) is 0 Å². The molecule has 0 unspecified atom stereocenters. The Labute approximate surface area is 88.6 Å². The van der Waals surface area contributed by atoms with Crippen LogP contribution in [0.25, 0.3) is 10.6 Å². The number of hydrogen-bond acceptors (Lipinski definition) is 3. The highest BCUT2D eigenvalue weighted by molar-refractivity contribution is 7.13. The van der Waals surface area contributed by atoms with E-state index < -0.39 is 0 Å². The lowest BCUT2D eigenvalue weighted by Gasteiger charge is -1.98. The second kappa shape index (κ2) is 3.55. The van der Waals surface area contributed by atoms with E-state index in [1.165, 1.54) is 34.9 Å². The molecule has 2 aromatic rings. The first-order valence-corrected chi connectivity index (χ1v) is 5.02. The van der Waals surface area contributed by atoms with Crippen LogP contribution in [0.3, 0.4) is 0 Å². The molecule has 2 nitrogen and oxygen atoms in total. The van der Waals surface area contributed by atoms with Gasteiger partial charge in [-0.2, -0.15) is 0 Å². The zero-order valence-electron chi connectivity index (χ0n) is 6.87. The van der Waals surface area contributed by atoms with Crippen LogP contribution < -0.4 is 0 Å². The summed E-state index contributed by atoms with van der Waals surface area (Å²) in [4.78, 5) is 3.84. The van der Waals surface area contributed by atoms with Crippen molar-refractivity contribution in [1.82, 2.24) is 4.98 Å². The number of hydrogen-bond donors (Lipinski definition) is 1. The Morgan fingerprint density at radius 3 is 2.79 bits per heavy atom. The Hall–Kier alpha value is -1.13. The molecule has 0 aliphatic rings. The van der Waals surface area contributed by atoms with Crippen molar-refractivity contribution in [2.75, 3.05) is 0 Å². The number of thiazole rings is 1. The second-order valence-corrected chi connectivity index (χ2v) is 3.90. The van der Waals surface area contributed by atoms with Crippen LogP contribution in [-0.2, 0) is 0 Å². The van der Waals surface area contributed by atoms with Crippen LogP contribution in [0, 0.1) is 5.82 Å². The average Bonchev–Trinajstić information content (AvgIpc) is 2.51. The van der Waals surface area contributed by atoms with Crippen LogP contribution in [0.1, 0.15) is 0 Å². The van der Waals surface area contributed by atoms with Gasteiger partial charge in [-0.05, 0) is 18.2 Å². The van der Waals surface area contributed by atoms with E-state index in [4.69, 9.17) is 16.7 Å². The molecule has 0 bridgehead atoms. The normalized spacial score (nSPS) is 10.4. The van der Waals surface area contributed by atoms with Gasteiger partial charge in [0.2, 0.25) is 5.88 Å². The minimum atomic E-state index is -0.389. The standard InChI is InChI=1S/C9H5ClFNOS/c10-7-3-5(11)1-2-6(7)9-12-8(13)4-14-9/h1-4,13H. The molecule has 0 saturated heterocycles. The smallest absolute Gasteiger partial charge is 0.222 e. The maximum absolute atomic E-state index is 12.7. The van der Waals surface area contributed by atoms with Crippen LogP contribution in [0.2, 0.25) is 5.02 Å². The van der Waals surface area contributed by atoms with Crippen molar-refractivity contribution in [1.29, 1.82) is 0 Å². The van der Waals surface area contributed by atoms with Gasteiger partial charge in [0.25, 0.3) is 0 Å². The van der Waals surface area contributed by atoms with Crippen molar-refractivity contribution in [3.8, 4) is 16.5 Å². The molecule has 0 amide bonds. The lowest BCUT2D eigenvalue weighted by atomic mass is 10.2. The van der Waals surface area contributed by atoms with Gasteiger partial charge in [0.05, 0.1) is 10.4 Å². The quantitative estimate of drug-likeness (QED) is 0.814. The molecule has 14 heavy (non-hydrogen) atoms. The van der Waals surface area contributed by atoms with E-state index >= 15 is 0 Å². The highest BCUT2D eigenvalue weighted by atomic mass is 35.5. The number of benzene rings is 1. The number of aromatic nitrogens is 1. The number of rotatable bonds is 1. The first-order valence-electron chi connectivity index (χ1n) is 3.77. The highest BCUT2D eigenvalue weighted by Gasteiger charge is 2.08. The highest BCUT2D eigenvalue weighted by Crippen LogP contribution is 2.32. The van der Waals surface area contributed by atoms with Crippen LogP contribution in [0.4, 0.5) is 4.39 Å². The molecule has 0 fully saturated rings. The van der Waals surface area contributed by atoms with Gasteiger partial charge in [-0.3, -0.25) is 0 Å². The third-order valence-electron chi connectivity index (χ3n) is 1.65. The van der Waals surface area contributed by atoms with Crippen LogP contribution in [-0.4, -0.2) is 10.1 Å². The number of halogens is 2. The summed E-state index contributed by atoms with van der Waals surface area (Å²) in [5, 5.41) is 11.4. The molecule has 2 rings (SSSR count). The van der Waals surface area contributed by atoms with Gasteiger partial charge in [0.15, 0.2) is 0 Å². The summed E-state index contributed by atoms with van der Waals surface area (Å²) in [5.41, 5.74) is 0.623. The fraction of sp³-hybridized carbons (Fsp3) is 0. The van der Waals surface area contributed by atoms with Gasteiger partial charge in [-0.1, -0.05) is 11.6 Å². The molecular weight excluding hydrogens is 225 g/mol. The Kier molecular flexibility index (Phi) is 2.39. The van der Waals surface area contributed by atoms with Gasteiger partial charge >= 0.3 is 0 Å². The van der Waals surface area contributed by atoms with E-state index in [2.05, 4.69) is 4.98 Å².